The maximum absolute atomic E-state index is 12.7. The number of rotatable bonds is 3. The molecule has 0 unspecified atom stereocenters. The number of anilines is 2. The predicted octanol–water partition coefficient (Wildman–Crippen LogP) is 3.23. The highest BCUT2D eigenvalue weighted by molar-refractivity contribution is 6.08. The first-order valence-corrected chi connectivity index (χ1v) is 9.87. The summed E-state index contributed by atoms with van der Waals surface area (Å²) < 4.78 is 11.6. The first-order chi connectivity index (χ1) is 14.2. The van der Waals surface area contributed by atoms with E-state index in [1.807, 2.05) is 42.5 Å². The third-order valence-corrected chi connectivity index (χ3v) is 5.55. The Bertz CT molecular complexity index is 1020. The molecule has 148 valence electrons. The van der Waals surface area contributed by atoms with Crippen LogP contribution in [0.4, 0.5) is 11.5 Å². The first kappa shape index (κ1) is 18.0. The highest BCUT2D eigenvalue weighted by Crippen LogP contribution is 2.32. The van der Waals surface area contributed by atoms with Crippen LogP contribution in [0, 0.1) is 0 Å². The number of pyridine rings is 2. The lowest BCUT2D eigenvalue weighted by Crippen LogP contribution is -2.45. The van der Waals surface area contributed by atoms with E-state index < -0.39 is 5.79 Å². The van der Waals surface area contributed by atoms with Crippen molar-refractivity contribution in [1.29, 1.82) is 0 Å². The molecule has 5 rings (SSSR count). The fourth-order valence-corrected chi connectivity index (χ4v) is 3.97. The third-order valence-electron chi connectivity index (χ3n) is 5.55. The number of aromatic nitrogens is 2. The molecule has 0 aliphatic carbocycles. The molecule has 0 saturated carbocycles. The maximum atomic E-state index is 12.7. The Morgan fingerprint density at radius 1 is 1.00 bits per heavy atom. The van der Waals surface area contributed by atoms with Crippen LogP contribution in [0.25, 0.3) is 10.9 Å². The van der Waals surface area contributed by atoms with Gasteiger partial charge >= 0.3 is 0 Å². The summed E-state index contributed by atoms with van der Waals surface area (Å²) in [4.78, 5) is 23.8. The summed E-state index contributed by atoms with van der Waals surface area (Å²) in [5, 5.41) is 3.93. The van der Waals surface area contributed by atoms with Gasteiger partial charge in [-0.2, -0.15) is 0 Å². The van der Waals surface area contributed by atoms with Gasteiger partial charge in [0, 0.05) is 43.7 Å². The summed E-state index contributed by atoms with van der Waals surface area (Å²) in [6, 6.07) is 13.3. The lowest BCUT2D eigenvalue weighted by Gasteiger charge is -2.38. The van der Waals surface area contributed by atoms with Gasteiger partial charge < -0.3 is 19.7 Å². The van der Waals surface area contributed by atoms with Crippen molar-refractivity contribution in [2.24, 2.45) is 0 Å². The van der Waals surface area contributed by atoms with Gasteiger partial charge in [0.05, 0.1) is 30.0 Å². The second kappa shape index (κ2) is 7.42. The number of amides is 1. The molecule has 2 saturated heterocycles. The minimum Gasteiger partial charge on any atom is -0.356 e. The fraction of sp³-hybridized carbons (Fsp3) is 0.318. The van der Waals surface area contributed by atoms with E-state index in [4.69, 9.17) is 9.47 Å². The molecule has 0 bridgehead atoms. The van der Waals surface area contributed by atoms with Crippen LogP contribution in [0.3, 0.4) is 0 Å². The summed E-state index contributed by atoms with van der Waals surface area (Å²) in [6.45, 7) is 2.99. The standard InChI is InChI=1S/C22H22N4O3/c27-21(25-18-5-1-3-16-4-2-10-23-20(16)18)17-6-7-19(24-15-17)26-11-8-22(9-12-26)28-13-14-29-22/h1-7,10,15H,8-9,11-14H2,(H,25,27). The largest absolute Gasteiger partial charge is 0.356 e. The molecule has 1 aromatic carbocycles. The second-order valence-corrected chi connectivity index (χ2v) is 7.33. The Balaban J connectivity index is 1.27. The zero-order valence-electron chi connectivity index (χ0n) is 16.0. The number of nitrogens with one attached hydrogen (secondary N) is 1. The molecule has 2 aliphatic rings. The number of hydrogen-bond acceptors (Lipinski definition) is 6. The fourth-order valence-electron chi connectivity index (χ4n) is 3.97. The number of nitrogens with zero attached hydrogens (tertiary/aromatic N) is 3. The van der Waals surface area contributed by atoms with E-state index in [-0.39, 0.29) is 5.91 Å². The maximum Gasteiger partial charge on any atom is 0.257 e. The quantitative estimate of drug-likeness (QED) is 0.740. The van der Waals surface area contributed by atoms with E-state index in [1.165, 1.54) is 0 Å². The minimum atomic E-state index is -0.400. The van der Waals surface area contributed by atoms with E-state index in [1.54, 1.807) is 12.4 Å². The molecule has 1 amide bonds. The molecule has 7 heteroatoms. The van der Waals surface area contributed by atoms with Crippen LogP contribution in [-0.2, 0) is 9.47 Å². The average molecular weight is 390 g/mol. The Kier molecular flexibility index (Phi) is 4.61. The van der Waals surface area contributed by atoms with Crippen molar-refractivity contribution >= 4 is 28.3 Å². The zero-order valence-corrected chi connectivity index (χ0v) is 16.0. The molecule has 2 aliphatic heterocycles. The number of benzene rings is 1. The van der Waals surface area contributed by atoms with E-state index in [0.717, 1.165) is 42.7 Å². The van der Waals surface area contributed by atoms with Crippen molar-refractivity contribution in [1.82, 2.24) is 9.97 Å². The minimum absolute atomic E-state index is 0.201. The topological polar surface area (TPSA) is 76.6 Å². The van der Waals surface area contributed by atoms with Gasteiger partial charge in [-0.25, -0.2) is 4.98 Å². The van der Waals surface area contributed by atoms with E-state index >= 15 is 0 Å². The van der Waals surface area contributed by atoms with Gasteiger partial charge in [0.25, 0.3) is 5.91 Å². The summed E-state index contributed by atoms with van der Waals surface area (Å²) in [5.41, 5.74) is 1.97. The molecule has 4 heterocycles. The number of para-hydroxylation sites is 1. The lowest BCUT2D eigenvalue weighted by atomic mass is 10.0. The zero-order chi connectivity index (χ0) is 19.7. The molecule has 3 aromatic rings. The van der Waals surface area contributed by atoms with Crippen molar-refractivity contribution in [2.75, 3.05) is 36.5 Å². The number of carbonyl (C=O) groups is 1. The Morgan fingerprint density at radius 3 is 2.55 bits per heavy atom. The first-order valence-electron chi connectivity index (χ1n) is 9.87. The summed E-state index contributed by atoms with van der Waals surface area (Å²) in [7, 11) is 0. The molecule has 1 N–H and O–H groups in total. The second-order valence-electron chi connectivity index (χ2n) is 7.33. The van der Waals surface area contributed by atoms with Crippen molar-refractivity contribution in [3.05, 3.63) is 60.4 Å². The van der Waals surface area contributed by atoms with Crippen molar-refractivity contribution in [3.63, 3.8) is 0 Å². The highest BCUT2D eigenvalue weighted by atomic mass is 16.7. The van der Waals surface area contributed by atoms with Crippen LogP contribution in [0.2, 0.25) is 0 Å². The molecule has 7 nitrogen and oxygen atoms in total. The number of fused-ring (bicyclic) bond motifs is 1. The molecule has 0 radical (unpaired) electrons. The van der Waals surface area contributed by atoms with Gasteiger partial charge in [-0.15, -0.1) is 0 Å². The van der Waals surface area contributed by atoms with Gasteiger partial charge in [0.15, 0.2) is 5.79 Å². The average Bonchev–Trinajstić information content (AvgIpc) is 3.22. The lowest BCUT2D eigenvalue weighted by molar-refractivity contribution is -0.169. The smallest absolute Gasteiger partial charge is 0.257 e. The van der Waals surface area contributed by atoms with Gasteiger partial charge in [0.1, 0.15) is 5.82 Å². The van der Waals surface area contributed by atoms with Crippen LogP contribution in [0.1, 0.15) is 23.2 Å². The number of carbonyl (C=O) groups excluding carboxylic acids is 1. The van der Waals surface area contributed by atoms with E-state index in [9.17, 15) is 4.79 Å². The van der Waals surface area contributed by atoms with Crippen LogP contribution >= 0.6 is 0 Å². The molecular formula is C22H22N4O3. The number of piperidine rings is 1. The molecule has 2 aromatic heterocycles. The van der Waals surface area contributed by atoms with Gasteiger partial charge in [0.2, 0.25) is 0 Å². The van der Waals surface area contributed by atoms with Gasteiger partial charge in [-0.05, 0) is 24.3 Å². The molecule has 1 spiro atoms. The van der Waals surface area contributed by atoms with E-state index in [2.05, 4.69) is 20.2 Å². The van der Waals surface area contributed by atoms with Crippen molar-refractivity contribution < 1.29 is 14.3 Å². The SMILES string of the molecule is O=C(Nc1cccc2cccnc12)c1ccc(N2CCC3(CC2)OCCO3)nc1. The molecule has 0 atom stereocenters. The van der Waals surface area contributed by atoms with Gasteiger partial charge in [-0.1, -0.05) is 18.2 Å². The highest BCUT2D eigenvalue weighted by Gasteiger charge is 2.40. The van der Waals surface area contributed by atoms with Crippen molar-refractivity contribution in [3.8, 4) is 0 Å². The number of ether oxygens (including phenoxy) is 2. The third kappa shape index (κ3) is 3.54. The van der Waals surface area contributed by atoms with E-state index in [0.29, 0.717) is 24.5 Å². The number of hydrogen-bond donors (Lipinski definition) is 1. The van der Waals surface area contributed by atoms with Crippen LogP contribution in [0.5, 0.6) is 0 Å². The predicted molar refractivity (Wildman–Crippen MR) is 110 cm³/mol. The normalized spacial score (nSPS) is 18.3. The molecule has 2 fully saturated rings. The van der Waals surface area contributed by atoms with Crippen molar-refractivity contribution in [2.45, 2.75) is 18.6 Å². The monoisotopic (exact) mass is 390 g/mol. The van der Waals surface area contributed by atoms with Crippen LogP contribution in [-0.4, -0.2) is 48.0 Å². The molecule has 29 heavy (non-hydrogen) atoms. The Morgan fingerprint density at radius 2 is 1.79 bits per heavy atom. The Hall–Kier alpha value is -3.03. The van der Waals surface area contributed by atoms with Gasteiger partial charge in [-0.3, -0.25) is 9.78 Å². The Labute approximate surface area is 168 Å². The summed E-state index contributed by atoms with van der Waals surface area (Å²) in [5.74, 6) is 0.261. The summed E-state index contributed by atoms with van der Waals surface area (Å²) >= 11 is 0. The molecular weight excluding hydrogens is 368 g/mol. The van der Waals surface area contributed by atoms with Crippen LogP contribution in [0.15, 0.2) is 54.9 Å². The summed E-state index contributed by atoms with van der Waals surface area (Å²) in [6.07, 6.45) is 4.99. The van der Waals surface area contributed by atoms with Crippen LogP contribution < -0.4 is 10.2 Å².